The molecule has 2 unspecified atom stereocenters. The summed E-state index contributed by atoms with van der Waals surface area (Å²) in [5, 5.41) is 0.673. The largest absolute Gasteiger partial charge is 0.469 e. The molecule has 2 atom stereocenters. The van der Waals surface area contributed by atoms with Crippen molar-refractivity contribution in [3.63, 3.8) is 0 Å². The minimum absolute atomic E-state index is 0.150. The quantitative estimate of drug-likeness (QED) is 0.837. The highest BCUT2D eigenvalue weighted by Gasteiger charge is 2.37. The van der Waals surface area contributed by atoms with Gasteiger partial charge in [-0.2, -0.15) is 0 Å². The third-order valence-electron chi connectivity index (χ3n) is 3.61. The lowest BCUT2D eigenvalue weighted by Gasteiger charge is -2.36. The van der Waals surface area contributed by atoms with E-state index >= 15 is 0 Å². The Hall–Kier alpha value is -1.06. The molecule has 1 rings (SSSR count). The molecule has 1 aromatic rings. The monoisotopic (exact) mass is 269 g/mol. The molecular formula is C14H20ClNO2. The highest BCUT2D eigenvalue weighted by molar-refractivity contribution is 6.30. The second-order valence-corrected chi connectivity index (χ2v) is 4.99. The van der Waals surface area contributed by atoms with Crippen molar-refractivity contribution >= 4 is 17.6 Å². The number of halogens is 1. The summed E-state index contributed by atoms with van der Waals surface area (Å²) in [6.45, 7) is 3.95. The molecule has 0 saturated heterocycles. The third kappa shape index (κ3) is 3.03. The number of ether oxygens (including phenoxy) is 1. The Morgan fingerprint density at radius 2 is 2.00 bits per heavy atom. The number of nitrogens with two attached hydrogens (primary N) is 1. The van der Waals surface area contributed by atoms with Gasteiger partial charge >= 0.3 is 5.97 Å². The molecule has 0 saturated carbocycles. The number of methoxy groups -OCH3 is 1. The van der Waals surface area contributed by atoms with Crippen LogP contribution in [0.15, 0.2) is 24.3 Å². The van der Waals surface area contributed by atoms with Crippen molar-refractivity contribution in [2.24, 2.45) is 5.73 Å². The Bertz CT molecular complexity index is 403. The van der Waals surface area contributed by atoms with Crippen LogP contribution in [0.1, 0.15) is 32.3 Å². The molecule has 0 aliphatic carbocycles. The first-order valence-corrected chi connectivity index (χ1v) is 6.42. The summed E-state index contributed by atoms with van der Waals surface area (Å²) in [5.74, 6) is -0.246. The number of benzene rings is 1. The highest BCUT2D eigenvalue weighted by atomic mass is 35.5. The summed E-state index contributed by atoms with van der Waals surface area (Å²) in [4.78, 5) is 11.6. The topological polar surface area (TPSA) is 52.3 Å². The molecule has 100 valence electrons. The molecule has 0 spiro atoms. The van der Waals surface area contributed by atoms with Crippen molar-refractivity contribution in [1.29, 1.82) is 0 Å². The van der Waals surface area contributed by atoms with E-state index in [4.69, 9.17) is 22.1 Å². The van der Waals surface area contributed by atoms with E-state index in [-0.39, 0.29) is 18.4 Å². The SMILES string of the molecule is CCC(CC(=O)OC)(c1ccc(Cl)cc1)C(C)N. The summed E-state index contributed by atoms with van der Waals surface area (Å²) in [5.41, 5.74) is 6.73. The van der Waals surface area contributed by atoms with E-state index in [1.54, 1.807) is 0 Å². The van der Waals surface area contributed by atoms with Gasteiger partial charge < -0.3 is 10.5 Å². The maximum absolute atomic E-state index is 11.6. The van der Waals surface area contributed by atoms with Crippen molar-refractivity contribution in [2.75, 3.05) is 7.11 Å². The van der Waals surface area contributed by atoms with Gasteiger partial charge in [0.2, 0.25) is 0 Å². The van der Waals surface area contributed by atoms with Crippen LogP contribution in [0.3, 0.4) is 0 Å². The molecule has 0 aliphatic heterocycles. The fraction of sp³-hybridized carbons (Fsp3) is 0.500. The second-order valence-electron chi connectivity index (χ2n) is 4.56. The van der Waals surface area contributed by atoms with E-state index in [1.807, 2.05) is 38.1 Å². The van der Waals surface area contributed by atoms with E-state index in [9.17, 15) is 4.79 Å². The molecule has 0 aromatic heterocycles. The molecule has 3 nitrogen and oxygen atoms in total. The van der Waals surface area contributed by atoms with Crippen LogP contribution in [0.25, 0.3) is 0 Å². The number of hydrogen-bond acceptors (Lipinski definition) is 3. The molecule has 2 N–H and O–H groups in total. The van der Waals surface area contributed by atoms with Crippen LogP contribution in [0, 0.1) is 0 Å². The Kier molecular flexibility index (Phi) is 5.17. The normalized spacial score (nSPS) is 15.8. The van der Waals surface area contributed by atoms with Crippen LogP contribution in [-0.2, 0) is 14.9 Å². The summed E-state index contributed by atoms with van der Waals surface area (Å²) < 4.78 is 4.78. The number of carbonyl (C=O) groups excluding carboxylic acids is 1. The summed E-state index contributed by atoms with van der Waals surface area (Å²) in [6, 6.07) is 7.35. The van der Waals surface area contributed by atoms with Gasteiger partial charge in [0.05, 0.1) is 13.5 Å². The maximum Gasteiger partial charge on any atom is 0.306 e. The van der Waals surface area contributed by atoms with Gasteiger partial charge in [-0.1, -0.05) is 30.7 Å². The van der Waals surface area contributed by atoms with Crippen molar-refractivity contribution in [3.8, 4) is 0 Å². The zero-order valence-electron chi connectivity index (χ0n) is 11.1. The Balaban J connectivity index is 3.18. The predicted molar refractivity (Wildman–Crippen MR) is 73.7 cm³/mol. The summed E-state index contributed by atoms with van der Waals surface area (Å²) in [6.07, 6.45) is 1.04. The highest BCUT2D eigenvalue weighted by Crippen LogP contribution is 2.35. The van der Waals surface area contributed by atoms with Crippen molar-refractivity contribution in [2.45, 2.75) is 38.1 Å². The Morgan fingerprint density at radius 3 is 2.39 bits per heavy atom. The first-order valence-electron chi connectivity index (χ1n) is 6.04. The van der Waals surface area contributed by atoms with Crippen molar-refractivity contribution in [1.82, 2.24) is 0 Å². The molecule has 0 amide bonds. The minimum atomic E-state index is -0.405. The zero-order chi connectivity index (χ0) is 13.8. The molecule has 0 bridgehead atoms. The lowest BCUT2D eigenvalue weighted by Crippen LogP contribution is -2.44. The average molecular weight is 270 g/mol. The van der Waals surface area contributed by atoms with Gasteiger partial charge in [0.1, 0.15) is 0 Å². The van der Waals surface area contributed by atoms with Gasteiger partial charge in [-0.3, -0.25) is 4.79 Å². The Labute approximate surface area is 113 Å². The zero-order valence-corrected chi connectivity index (χ0v) is 11.8. The summed E-state index contributed by atoms with van der Waals surface area (Å²) >= 11 is 5.89. The lowest BCUT2D eigenvalue weighted by molar-refractivity contribution is -0.142. The van der Waals surface area contributed by atoms with E-state index in [0.717, 1.165) is 12.0 Å². The van der Waals surface area contributed by atoms with E-state index in [1.165, 1.54) is 7.11 Å². The van der Waals surface area contributed by atoms with Crippen LogP contribution in [0.5, 0.6) is 0 Å². The number of carbonyl (C=O) groups is 1. The van der Waals surface area contributed by atoms with Gasteiger partial charge in [0.25, 0.3) is 0 Å². The van der Waals surface area contributed by atoms with Crippen LogP contribution >= 0.6 is 11.6 Å². The predicted octanol–water partition coefficient (Wildman–Crippen LogP) is 2.90. The fourth-order valence-corrected chi connectivity index (χ4v) is 2.41. The second kappa shape index (κ2) is 6.21. The number of esters is 1. The van der Waals surface area contributed by atoms with Crippen molar-refractivity contribution in [3.05, 3.63) is 34.9 Å². The van der Waals surface area contributed by atoms with Crippen molar-refractivity contribution < 1.29 is 9.53 Å². The number of rotatable bonds is 5. The van der Waals surface area contributed by atoms with Gasteiger partial charge in [-0.25, -0.2) is 0 Å². The maximum atomic E-state index is 11.6. The minimum Gasteiger partial charge on any atom is -0.469 e. The molecule has 0 fully saturated rings. The van der Waals surface area contributed by atoms with Gasteiger partial charge in [-0.15, -0.1) is 0 Å². The molecule has 1 aromatic carbocycles. The van der Waals surface area contributed by atoms with Gasteiger partial charge in [0, 0.05) is 16.5 Å². The molecule has 4 heteroatoms. The smallest absolute Gasteiger partial charge is 0.306 e. The van der Waals surface area contributed by atoms with E-state index in [0.29, 0.717) is 5.02 Å². The van der Waals surface area contributed by atoms with Crippen LogP contribution < -0.4 is 5.73 Å². The lowest BCUT2D eigenvalue weighted by atomic mass is 9.70. The Morgan fingerprint density at radius 1 is 1.44 bits per heavy atom. The molecule has 0 aliphatic rings. The van der Waals surface area contributed by atoms with Gasteiger partial charge in [-0.05, 0) is 31.0 Å². The standard InChI is InChI=1S/C14H20ClNO2/c1-4-14(10(2)16,9-13(17)18-3)11-5-7-12(15)8-6-11/h5-8,10H,4,9,16H2,1-3H3. The molecule has 18 heavy (non-hydrogen) atoms. The molecular weight excluding hydrogens is 250 g/mol. The summed E-state index contributed by atoms with van der Waals surface area (Å²) in [7, 11) is 1.39. The van der Waals surface area contributed by atoms with E-state index in [2.05, 4.69) is 0 Å². The van der Waals surface area contributed by atoms with Crippen LogP contribution in [-0.4, -0.2) is 19.1 Å². The van der Waals surface area contributed by atoms with E-state index < -0.39 is 5.41 Å². The number of hydrogen-bond donors (Lipinski definition) is 1. The molecule has 0 heterocycles. The fourth-order valence-electron chi connectivity index (χ4n) is 2.29. The first-order chi connectivity index (χ1) is 8.46. The average Bonchev–Trinajstić information content (AvgIpc) is 2.36. The van der Waals surface area contributed by atoms with Gasteiger partial charge in [0.15, 0.2) is 0 Å². The first kappa shape index (κ1) is 15.0. The third-order valence-corrected chi connectivity index (χ3v) is 3.86. The van der Waals surface area contributed by atoms with Crippen LogP contribution in [0.2, 0.25) is 5.02 Å². The van der Waals surface area contributed by atoms with Crippen LogP contribution in [0.4, 0.5) is 0 Å². The molecule has 0 radical (unpaired) electrons.